The molecule has 0 bridgehead atoms. The van der Waals surface area contributed by atoms with Gasteiger partial charge >= 0.3 is 0 Å². The van der Waals surface area contributed by atoms with Crippen molar-refractivity contribution in [1.82, 2.24) is 4.98 Å². The van der Waals surface area contributed by atoms with Crippen molar-refractivity contribution >= 4 is 31.3 Å². The summed E-state index contributed by atoms with van der Waals surface area (Å²) in [5.74, 6) is -0.465. The summed E-state index contributed by atoms with van der Waals surface area (Å²) in [5.41, 5.74) is 3.51. The number of rotatable bonds is 6. The highest BCUT2D eigenvalue weighted by Crippen LogP contribution is 2.33. The van der Waals surface area contributed by atoms with Crippen LogP contribution in [0, 0.1) is 6.92 Å². The molecule has 184 valence electrons. The zero-order chi connectivity index (χ0) is 26.1. The number of nitrogens with one attached hydrogen (secondary N) is 1. The fourth-order valence-corrected chi connectivity index (χ4v) is 5.61. The van der Waals surface area contributed by atoms with Crippen molar-refractivity contribution in [3.63, 3.8) is 0 Å². The average Bonchev–Trinajstić information content (AvgIpc) is 2.83. The first-order valence-corrected chi connectivity index (χ1v) is 14.7. The van der Waals surface area contributed by atoms with Gasteiger partial charge in [-0.2, -0.15) is 0 Å². The van der Waals surface area contributed by atoms with Crippen molar-refractivity contribution < 1.29 is 21.6 Å². The first-order valence-electron chi connectivity index (χ1n) is 10.9. The molecule has 0 fully saturated rings. The molecule has 4 aromatic rings. The van der Waals surface area contributed by atoms with Crippen LogP contribution in [0.5, 0.6) is 0 Å². The van der Waals surface area contributed by atoms with E-state index in [1.54, 1.807) is 43.5 Å². The van der Waals surface area contributed by atoms with Crippen LogP contribution in [0.3, 0.4) is 0 Å². The Kier molecular flexibility index (Phi) is 6.79. The summed E-state index contributed by atoms with van der Waals surface area (Å²) in [6, 6.07) is 21.7. The van der Waals surface area contributed by atoms with E-state index in [4.69, 9.17) is 0 Å². The molecule has 0 saturated heterocycles. The van der Waals surface area contributed by atoms with Gasteiger partial charge in [-0.1, -0.05) is 30.3 Å². The number of amides is 1. The van der Waals surface area contributed by atoms with Gasteiger partial charge in [0.2, 0.25) is 0 Å². The van der Waals surface area contributed by atoms with E-state index in [0.29, 0.717) is 22.4 Å². The topological polar surface area (TPSA) is 110 Å². The van der Waals surface area contributed by atoms with Crippen molar-refractivity contribution in [3.8, 4) is 22.4 Å². The number of sulfone groups is 2. The first kappa shape index (κ1) is 25.3. The monoisotopic (exact) mass is 520 g/mol. The Morgan fingerprint density at radius 1 is 0.778 bits per heavy atom. The maximum absolute atomic E-state index is 13.4. The Morgan fingerprint density at radius 2 is 1.53 bits per heavy atom. The van der Waals surface area contributed by atoms with E-state index in [1.807, 2.05) is 24.3 Å². The summed E-state index contributed by atoms with van der Waals surface area (Å²) in [7, 11) is -7.12. The molecular formula is C27H24N2O5S2. The summed E-state index contributed by atoms with van der Waals surface area (Å²) in [5, 5.41) is 2.87. The molecule has 1 N–H and O–H groups in total. The van der Waals surface area contributed by atoms with E-state index < -0.39 is 25.6 Å². The number of carbonyl (C=O) groups excluding carboxylic acids is 1. The zero-order valence-corrected chi connectivity index (χ0v) is 21.5. The third-order valence-corrected chi connectivity index (χ3v) is 8.07. The Hall–Kier alpha value is -3.82. The lowest BCUT2D eigenvalue weighted by Crippen LogP contribution is -2.14. The molecule has 0 spiro atoms. The predicted octanol–water partition coefficient (Wildman–Crippen LogP) is 4.78. The van der Waals surface area contributed by atoms with Gasteiger partial charge in [0.15, 0.2) is 19.7 Å². The van der Waals surface area contributed by atoms with Crippen LogP contribution in [0.15, 0.2) is 94.9 Å². The number of nitrogens with zero attached hydrogens (tertiary/aromatic N) is 1. The number of benzene rings is 3. The molecule has 4 rings (SSSR count). The van der Waals surface area contributed by atoms with Crippen LogP contribution in [0.4, 0.5) is 5.69 Å². The first-order chi connectivity index (χ1) is 16.9. The molecule has 1 heterocycles. The van der Waals surface area contributed by atoms with Crippen LogP contribution in [-0.4, -0.2) is 40.2 Å². The zero-order valence-electron chi connectivity index (χ0n) is 19.9. The normalized spacial score (nSPS) is 11.8. The lowest BCUT2D eigenvalue weighted by Gasteiger charge is -2.16. The highest BCUT2D eigenvalue weighted by molar-refractivity contribution is 7.91. The molecule has 1 aromatic heterocycles. The molecule has 0 aliphatic carbocycles. The molecule has 1 amide bonds. The average molecular weight is 521 g/mol. The molecule has 36 heavy (non-hydrogen) atoms. The van der Waals surface area contributed by atoms with Gasteiger partial charge in [-0.05, 0) is 72.1 Å². The summed E-state index contributed by atoms with van der Waals surface area (Å²) in [4.78, 5) is 17.9. The SMILES string of the molecule is Cc1c(-c2cc(S(C)(=O)=O)ccc2C(=O)Nc2cccc(-c3ccccn3)c2)cccc1S(C)(=O)=O. The molecule has 0 radical (unpaired) electrons. The summed E-state index contributed by atoms with van der Waals surface area (Å²) < 4.78 is 49.1. The number of carbonyl (C=O) groups is 1. The Balaban J connectivity index is 1.81. The third kappa shape index (κ3) is 5.37. The maximum atomic E-state index is 13.4. The fourth-order valence-electron chi connectivity index (χ4n) is 3.97. The lowest BCUT2D eigenvalue weighted by molar-refractivity contribution is 0.102. The van der Waals surface area contributed by atoms with Crippen LogP contribution < -0.4 is 5.32 Å². The molecule has 0 atom stereocenters. The Morgan fingerprint density at radius 3 is 2.19 bits per heavy atom. The number of hydrogen-bond acceptors (Lipinski definition) is 6. The van der Waals surface area contributed by atoms with Crippen molar-refractivity contribution in [2.45, 2.75) is 16.7 Å². The quantitative estimate of drug-likeness (QED) is 0.392. The second-order valence-corrected chi connectivity index (χ2v) is 12.4. The predicted molar refractivity (Wildman–Crippen MR) is 140 cm³/mol. The fraction of sp³-hybridized carbons (Fsp3) is 0.111. The van der Waals surface area contributed by atoms with Gasteiger partial charge in [0.1, 0.15) is 0 Å². The van der Waals surface area contributed by atoms with Gasteiger partial charge in [-0.25, -0.2) is 16.8 Å². The number of aromatic nitrogens is 1. The second-order valence-electron chi connectivity index (χ2n) is 8.43. The van der Waals surface area contributed by atoms with Gasteiger partial charge in [-0.3, -0.25) is 9.78 Å². The van der Waals surface area contributed by atoms with Crippen molar-refractivity contribution in [2.24, 2.45) is 0 Å². The van der Waals surface area contributed by atoms with Gasteiger partial charge in [0.05, 0.1) is 15.5 Å². The van der Waals surface area contributed by atoms with Gasteiger partial charge in [0, 0.05) is 35.5 Å². The number of hydrogen-bond donors (Lipinski definition) is 1. The summed E-state index contributed by atoms with van der Waals surface area (Å²) in [6.45, 7) is 1.64. The minimum Gasteiger partial charge on any atom is -0.322 e. The van der Waals surface area contributed by atoms with Crippen LogP contribution in [0.25, 0.3) is 22.4 Å². The standard InChI is InChI=1S/C27H24N2O5S2/c1-18-22(10-7-12-26(18)36(3,33)34)24-17-21(35(2,31)32)13-14-23(24)27(30)29-20-9-6-8-19(16-20)25-11-4-5-15-28-25/h4-17H,1-3H3,(H,29,30). The van der Waals surface area contributed by atoms with Crippen LogP contribution >= 0.6 is 0 Å². The number of pyridine rings is 1. The van der Waals surface area contributed by atoms with Crippen LogP contribution in [-0.2, 0) is 19.7 Å². The summed E-state index contributed by atoms with van der Waals surface area (Å²) >= 11 is 0. The molecular weight excluding hydrogens is 496 g/mol. The minimum absolute atomic E-state index is 0.0235. The van der Waals surface area contributed by atoms with Crippen LogP contribution in [0.2, 0.25) is 0 Å². The van der Waals surface area contributed by atoms with Crippen LogP contribution in [0.1, 0.15) is 15.9 Å². The molecule has 0 aliphatic rings. The number of anilines is 1. The smallest absolute Gasteiger partial charge is 0.256 e. The van der Waals surface area contributed by atoms with Crippen molar-refractivity contribution in [3.05, 3.63) is 96.2 Å². The maximum Gasteiger partial charge on any atom is 0.256 e. The van der Waals surface area contributed by atoms with E-state index >= 15 is 0 Å². The molecule has 0 saturated carbocycles. The highest BCUT2D eigenvalue weighted by Gasteiger charge is 2.21. The second kappa shape index (κ2) is 9.67. The Bertz CT molecular complexity index is 1680. The van der Waals surface area contributed by atoms with Gasteiger partial charge in [-0.15, -0.1) is 0 Å². The van der Waals surface area contributed by atoms with E-state index in [-0.39, 0.29) is 15.4 Å². The largest absolute Gasteiger partial charge is 0.322 e. The molecule has 0 unspecified atom stereocenters. The van der Waals surface area contributed by atoms with Gasteiger partial charge in [0.25, 0.3) is 5.91 Å². The molecule has 7 nitrogen and oxygen atoms in total. The lowest BCUT2D eigenvalue weighted by atomic mass is 9.95. The van der Waals surface area contributed by atoms with E-state index in [0.717, 1.165) is 23.8 Å². The van der Waals surface area contributed by atoms with E-state index in [2.05, 4.69) is 10.3 Å². The van der Waals surface area contributed by atoms with E-state index in [1.165, 1.54) is 24.3 Å². The minimum atomic E-state index is -3.58. The van der Waals surface area contributed by atoms with Gasteiger partial charge < -0.3 is 5.32 Å². The molecule has 9 heteroatoms. The van der Waals surface area contributed by atoms with Crippen molar-refractivity contribution in [1.29, 1.82) is 0 Å². The molecule has 0 aliphatic heterocycles. The highest BCUT2D eigenvalue weighted by atomic mass is 32.2. The summed E-state index contributed by atoms with van der Waals surface area (Å²) in [6.07, 6.45) is 3.87. The van der Waals surface area contributed by atoms with E-state index in [9.17, 15) is 21.6 Å². The van der Waals surface area contributed by atoms with Crippen molar-refractivity contribution in [2.75, 3.05) is 17.8 Å². The molecule has 3 aromatic carbocycles. The third-order valence-electron chi connectivity index (χ3n) is 5.72. The Labute approximate surface area is 210 Å².